The van der Waals surface area contributed by atoms with E-state index in [1.165, 1.54) is 4.90 Å². The number of nitrogens with one attached hydrogen (secondary N) is 1. The summed E-state index contributed by atoms with van der Waals surface area (Å²) in [6.45, 7) is 5.24. The zero-order valence-electron chi connectivity index (χ0n) is 13.6. The summed E-state index contributed by atoms with van der Waals surface area (Å²) >= 11 is 0. The second kappa shape index (κ2) is 5.68. The summed E-state index contributed by atoms with van der Waals surface area (Å²) in [5, 5.41) is 2.84. The van der Waals surface area contributed by atoms with E-state index < -0.39 is 18.1 Å². The number of urea groups is 1. The van der Waals surface area contributed by atoms with E-state index in [2.05, 4.69) is 5.32 Å². The van der Waals surface area contributed by atoms with Gasteiger partial charge >= 0.3 is 6.03 Å². The van der Waals surface area contributed by atoms with Crippen molar-refractivity contribution in [2.75, 3.05) is 4.90 Å². The Kier molecular flexibility index (Phi) is 3.83. The molecule has 4 amide bonds. The molecular formula is C17H21N3O3. The Morgan fingerprint density at radius 1 is 1.22 bits per heavy atom. The van der Waals surface area contributed by atoms with Gasteiger partial charge in [0.05, 0.1) is 0 Å². The highest BCUT2D eigenvalue weighted by Gasteiger charge is 2.47. The molecule has 0 spiro atoms. The van der Waals surface area contributed by atoms with E-state index in [-0.39, 0.29) is 17.9 Å². The summed E-state index contributed by atoms with van der Waals surface area (Å²) in [4.78, 5) is 39.9. The van der Waals surface area contributed by atoms with Crippen molar-refractivity contribution in [2.45, 2.75) is 51.7 Å². The zero-order chi connectivity index (χ0) is 16.7. The van der Waals surface area contributed by atoms with Crippen LogP contribution in [0.25, 0.3) is 0 Å². The summed E-state index contributed by atoms with van der Waals surface area (Å²) in [6, 6.07) is 5.77. The zero-order valence-corrected chi connectivity index (χ0v) is 13.6. The van der Waals surface area contributed by atoms with Crippen molar-refractivity contribution >= 4 is 23.5 Å². The van der Waals surface area contributed by atoms with Crippen molar-refractivity contribution in [3.05, 3.63) is 29.8 Å². The highest BCUT2D eigenvalue weighted by atomic mass is 16.2. The van der Waals surface area contributed by atoms with Crippen LogP contribution in [0.5, 0.6) is 0 Å². The first-order valence-corrected chi connectivity index (χ1v) is 7.93. The lowest BCUT2D eigenvalue weighted by molar-refractivity contribution is -0.135. The van der Waals surface area contributed by atoms with Crippen LogP contribution in [0.15, 0.2) is 24.3 Å². The molecule has 3 rings (SSSR count). The predicted octanol–water partition coefficient (Wildman–Crippen LogP) is 1.82. The van der Waals surface area contributed by atoms with Crippen LogP contribution in [-0.2, 0) is 9.59 Å². The van der Waals surface area contributed by atoms with Crippen molar-refractivity contribution in [1.29, 1.82) is 0 Å². The third-order valence-corrected chi connectivity index (χ3v) is 4.40. The molecule has 0 bridgehead atoms. The van der Waals surface area contributed by atoms with Gasteiger partial charge in [0.15, 0.2) is 0 Å². The van der Waals surface area contributed by atoms with Crippen LogP contribution < -0.4 is 10.2 Å². The summed E-state index contributed by atoms with van der Waals surface area (Å²) in [7, 11) is 0. The molecule has 2 unspecified atom stereocenters. The molecule has 0 aromatic heterocycles. The molecule has 2 fully saturated rings. The van der Waals surface area contributed by atoms with Crippen LogP contribution in [0.4, 0.5) is 10.5 Å². The number of hydrogen-bond acceptors (Lipinski definition) is 3. The molecule has 1 saturated carbocycles. The third-order valence-electron chi connectivity index (χ3n) is 4.40. The number of benzene rings is 1. The van der Waals surface area contributed by atoms with Crippen LogP contribution in [0.2, 0.25) is 0 Å². The summed E-state index contributed by atoms with van der Waals surface area (Å²) in [5.74, 6) is -0.610. The molecule has 1 heterocycles. The fourth-order valence-corrected chi connectivity index (χ4v) is 2.75. The van der Waals surface area contributed by atoms with E-state index in [0.717, 1.165) is 23.3 Å². The van der Waals surface area contributed by atoms with E-state index in [9.17, 15) is 14.4 Å². The molecule has 6 heteroatoms. The molecule has 1 aliphatic heterocycles. The minimum absolute atomic E-state index is 0.198. The predicted molar refractivity (Wildman–Crippen MR) is 86.0 cm³/mol. The van der Waals surface area contributed by atoms with E-state index >= 15 is 0 Å². The van der Waals surface area contributed by atoms with Gasteiger partial charge in [-0.05, 0) is 45.7 Å². The van der Waals surface area contributed by atoms with Crippen molar-refractivity contribution in [3.63, 3.8) is 0 Å². The van der Waals surface area contributed by atoms with Gasteiger partial charge in [-0.3, -0.25) is 14.5 Å². The molecule has 6 nitrogen and oxygen atoms in total. The molecule has 2 atom stereocenters. The normalized spacial score (nSPS) is 22.5. The van der Waals surface area contributed by atoms with E-state index in [0.29, 0.717) is 5.69 Å². The molecule has 2 aliphatic rings. The van der Waals surface area contributed by atoms with E-state index in [4.69, 9.17) is 0 Å². The maximum absolute atomic E-state index is 12.7. The fraction of sp³-hybridized carbons (Fsp3) is 0.471. The first-order chi connectivity index (χ1) is 10.9. The monoisotopic (exact) mass is 315 g/mol. The largest absolute Gasteiger partial charge is 0.352 e. The van der Waals surface area contributed by atoms with E-state index in [1.54, 1.807) is 13.8 Å². The van der Waals surface area contributed by atoms with Gasteiger partial charge in [-0.15, -0.1) is 0 Å². The minimum Gasteiger partial charge on any atom is -0.352 e. The quantitative estimate of drug-likeness (QED) is 0.862. The fourth-order valence-electron chi connectivity index (χ4n) is 2.75. The van der Waals surface area contributed by atoms with Crippen LogP contribution >= 0.6 is 0 Å². The second-order valence-corrected chi connectivity index (χ2v) is 6.33. The van der Waals surface area contributed by atoms with Crippen molar-refractivity contribution in [2.24, 2.45) is 0 Å². The molecule has 0 radical (unpaired) electrons. The Hall–Kier alpha value is -2.37. The number of anilines is 1. The first kappa shape index (κ1) is 15.5. The summed E-state index contributed by atoms with van der Waals surface area (Å²) < 4.78 is 0. The maximum Gasteiger partial charge on any atom is 0.332 e. The average Bonchev–Trinajstić information content (AvgIpc) is 3.29. The standard InChI is InChI=1S/C17H21N3O3/c1-10-4-8-14(9-5-10)19-12(3)16(22)20(17(19)23)11(2)15(21)18-13-6-7-13/h4-5,8-9,11-13H,6-7H2,1-3H3,(H,18,21). The van der Waals surface area contributed by atoms with Crippen LogP contribution in [0.1, 0.15) is 32.3 Å². The van der Waals surface area contributed by atoms with Gasteiger partial charge in [0.2, 0.25) is 5.91 Å². The van der Waals surface area contributed by atoms with Crippen molar-refractivity contribution in [1.82, 2.24) is 10.2 Å². The highest BCUT2D eigenvalue weighted by molar-refractivity contribution is 6.16. The van der Waals surface area contributed by atoms with Gasteiger partial charge in [-0.25, -0.2) is 9.69 Å². The Bertz CT molecular complexity index is 652. The van der Waals surface area contributed by atoms with Gasteiger partial charge in [0, 0.05) is 11.7 Å². The number of nitrogens with zero attached hydrogens (tertiary/aromatic N) is 2. The summed E-state index contributed by atoms with van der Waals surface area (Å²) in [6.07, 6.45) is 1.93. The van der Waals surface area contributed by atoms with Gasteiger partial charge < -0.3 is 5.32 Å². The number of carbonyl (C=O) groups is 3. The van der Waals surface area contributed by atoms with Crippen molar-refractivity contribution < 1.29 is 14.4 Å². The smallest absolute Gasteiger partial charge is 0.332 e. The minimum atomic E-state index is -0.798. The molecule has 1 aliphatic carbocycles. The Morgan fingerprint density at radius 2 is 1.83 bits per heavy atom. The number of imide groups is 1. The molecule has 1 saturated heterocycles. The Labute approximate surface area is 135 Å². The molecule has 122 valence electrons. The average molecular weight is 315 g/mol. The van der Waals surface area contributed by atoms with Crippen LogP contribution in [-0.4, -0.2) is 40.9 Å². The van der Waals surface area contributed by atoms with Gasteiger partial charge in [-0.2, -0.15) is 0 Å². The Morgan fingerprint density at radius 3 is 2.39 bits per heavy atom. The van der Waals surface area contributed by atoms with Crippen LogP contribution in [0.3, 0.4) is 0 Å². The number of rotatable bonds is 4. The lowest BCUT2D eigenvalue weighted by Gasteiger charge is -2.22. The molecule has 1 aromatic rings. The van der Waals surface area contributed by atoms with Gasteiger partial charge in [-0.1, -0.05) is 17.7 Å². The first-order valence-electron chi connectivity index (χ1n) is 7.93. The number of carbonyl (C=O) groups excluding carboxylic acids is 3. The number of aryl methyl sites for hydroxylation is 1. The molecule has 23 heavy (non-hydrogen) atoms. The number of amides is 4. The second-order valence-electron chi connectivity index (χ2n) is 6.33. The number of hydrogen-bond donors (Lipinski definition) is 1. The maximum atomic E-state index is 12.7. The topological polar surface area (TPSA) is 69.7 Å². The Balaban J connectivity index is 1.82. The summed E-state index contributed by atoms with van der Waals surface area (Å²) in [5.41, 5.74) is 1.74. The molecular weight excluding hydrogens is 294 g/mol. The lowest BCUT2D eigenvalue weighted by Crippen LogP contribution is -2.49. The SMILES string of the molecule is Cc1ccc(N2C(=O)N(C(C)C(=O)NC3CC3)C(=O)C2C)cc1. The van der Waals surface area contributed by atoms with Gasteiger partial charge in [0.25, 0.3) is 5.91 Å². The third kappa shape index (κ3) is 2.81. The lowest BCUT2D eigenvalue weighted by atomic mass is 10.2. The highest BCUT2D eigenvalue weighted by Crippen LogP contribution is 2.28. The van der Waals surface area contributed by atoms with Crippen molar-refractivity contribution in [3.8, 4) is 0 Å². The van der Waals surface area contributed by atoms with Gasteiger partial charge in [0.1, 0.15) is 12.1 Å². The molecule has 1 aromatic carbocycles. The van der Waals surface area contributed by atoms with Crippen LogP contribution in [0, 0.1) is 6.92 Å². The molecule has 1 N–H and O–H groups in total. The van der Waals surface area contributed by atoms with E-state index in [1.807, 2.05) is 31.2 Å².